The maximum atomic E-state index is 0. The first-order valence-corrected chi connectivity index (χ1v) is 0. The first-order valence-electron chi connectivity index (χ1n) is 0. The maximum Gasteiger partial charge on any atom is 3.00 e. The van der Waals surface area contributed by atoms with Gasteiger partial charge in [-0.1, -0.05) is 0 Å². The molecule has 0 nitrogen and oxygen atoms in total. The third kappa shape index (κ3) is 61.6. The molecule has 0 aliphatic carbocycles. The zero-order chi connectivity index (χ0) is 0. The van der Waals surface area contributed by atoms with Crippen LogP contribution in [-0.4, -0.2) is 48.9 Å². The Kier molecular flexibility index (Phi) is 1410. The van der Waals surface area contributed by atoms with Gasteiger partial charge < -0.3 is 23.5 Å². The molecule has 0 radical (unpaired) electrons. The third-order valence-corrected chi connectivity index (χ3v) is 0. The molecule has 0 heterocycles. The topological polar surface area (TPSA) is 0 Å². The molecule has 0 rings (SSSR count). The molecule has 7 heavy (non-hydrogen) atoms. The fourth-order valence-electron chi connectivity index (χ4n) is 0. The van der Waals surface area contributed by atoms with Gasteiger partial charge >= 0.3 is 81.6 Å². The van der Waals surface area contributed by atoms with E-state index < -0.39 is 0 Å². The fraction of sp³-hybridized carbons (Fsp3) is 0. The Morgan fingerprint density at radius 2 is 0.429 bits per heavy atom. The number of halogens is 5. The smallest absolute Gasteiger partial charge is 1.00 e. The van der Waals surface area contributed by atoms with Gasteiger partial charge in [0.25, 0.3) is 0 Å². The van der Waals surface area contributed by atoms with Crippen molar-refractivity contribution in [2.75, 3.05) is 0 Å². The normalized spacial score (nSPS) is 0. The molecule has 0 amide bonds. The zero-order valence-electron chi connectivity index (χ0n) is 3.17. The van der Waals surface area contributed by atoms with Crippen molar-refractivity contribution in [2.45, 2.75) is 0 Å². The average molecular weight is 321 g/mol. The van der Waals surface area contributed by atoms with Crippen molar-refractivity contribution in [1.82, 2.24) is 0 Å². The summed E-state index contributed by atoms with van der Waals surface area (Å²) < 4.78 is 0. The van der Waals surface area contributed by atoms with E-state index in [0.29, 0.717) is 0 Å². The van der Waals surface area contributed by atoms with Gasteiger partial charge in [0.2, 0.25) is 0 Å². The van der Waals surface area contributed by atoms with E-state index in [4.69, 9.17) is 0 Å². The summed E-state index contributed by atoms with van der Waals surface area (Å²) in [6.45, 7) is 0. The van der Waals surface area contributed by atoms with Crippen LogP contribution in [0.25, 0.3) is 0 Å². The van der Waals surface area contributed by atoms with Crippen LogP contribution < -0.4 is 23.5 Å². The molecule has 40 valence electrons. The monoisotopic (exact) mass is 322 g/mol. The van der Waals surface area contributed by atoms with Crippen LogP contribution in [0.1, 0.15) is 0 Å². The molecular weight excluding hydrogens is 321 g/mol. The second-order valence-electron chi connectivity index (χ2n) is 0. The summed E-state index contributed by atoms with van der Waals surface area (Å²) in [5.41, 5.74) is 0. The molecule has 0 N–H and O–H groups in total. The molecule has 0 aromatic heterocycles. The molecular formula is BaF5Y. The summed E-state index contributed by atoms with van der Waals surface area (Å²) in [6, 6.07) is 0. The van der Waals surface area contributed by atoms with Crippen LogP contribution in [0.2, 0.25) is 0 Å². The number of hydrogen-bond acceptors (Lipinski definition) is 0. The van der Waals surface area contributed by atoms with Gasteiger partial charge in [-0.05, 0) is 0 Å². The molecule has 0 aromatic rings. The molecule has 0 aliphatic rings. The zero-order valence-corrected chi connectivity index (χ0v) is 10.5. The van der Waals surface area contributed by atoms with Crippen molar-refractivity contribution in [2.24, 2.45) is 0 Å². The minimum absolute atomic E-state index is 0. The van der Waals surface area contributed by atoms with E-state index in [1.54, 1.807) is 0 Å². The van der Waals surface area contributed by atoms with Crippen LogP contribution in [0.3, 0.4) is 0 Å². The predicted molar refractivity (Wildman–Crippen MR) is 5.75 cm³/mol. The Morgan fingerprint density at radius 3 is 0.429 bits per heavy atom. The first-order chi connectivity index (χ1) is 0. The minimum Gasteiger partial charge on any atom is -1.00 e. The summed E-state index contributed by atoms with van der Waals surface area (Å²) in [7, 11) is 0. The van der Waals surface area contributed by atoms with Crippen LogP contribution in [0.4, 0.5) is 0 Å². The van der Waals surface area contributed by atoms with Crippen molar-refractivity contribution < 1.29 is 56.2 Å². The van der Waals surface area contributed by atoms with Gasteiger partial charge in [0.05, 0.1) is 0 Å². The number of hydrogen-bond donors (Lipinski definition) is 0. The molecule has 0 fully saturated rings. The SMILES string of the molecule is [Ba+2].[F-].[F-].[F-].[F-].[F-].[Y+3]. The van der Waals surface area contributed by atoms with Crippen LogP contribution in [-0.2, 0) is 32.7 Å². The second-order valence-corrected chi connectivity index (χ2v) is 0. The van der Waals surface area contributed by atoms with Gasteiger partial charge in [-0.25, -0.2) is 0 Å². The van der Waals surface area contributed by atoms with Crippen molar-refractivity contribution >= 4 is 48.9 Å². The minimum atomic E-state index is 0. The van der Waals surface area contributed by atoms with Gasteiger partial charge in [-0.3, -0.25) is 0 Å². The van der Waals surface area contributed by atoms with Gasteiger partial charge in [0, 0.05) is 0 Å². The standard InChI is InChI=1S/Ba.5FH.Y/h;5*1H;/q+2;;;;;;+3/p-5. The van der Waals surface area contributed by atoms with Crippen LogP contribution in [0.5, 0.6) is 0 Å². The van der Waals surface area contributed by atoms with E-state index in [0.717, 1.165) is 0 Å². The van der Waals surface area contributed by atoms with Crippen molar-refractivity contribution in [3.8, 4) is 0 Å². The molecule has 0 saturated heterocycles. The molecule has 0 aromatic carbocycles. The van der Waals surface area contributed by atoms with E-state index in [1.807, 2.05) is 0 Å². The van der Waals surface area contributed by atoms with E-state index in [-0.39, 0.29) is 105 Å². The molecule has 0 bridgehead atoms. The average Bonchev–Trinajstić information content (AvgIpc) is 0. The fourth-order valence-corrected chi connectivity index (χ4v) is 0. The van der Waals surface area contributed by atoms with Crippen molar-refractivity contribution in [3.05, 3.63) is 0 Å². The van der Waals surface area contributed by atoms with Gasteiger partial charge in [-0.15, -0.1) is 0 Å². The van der Waals surface area contributed by atoms with Gasteiger partial charge in [0.15, 0.2) is 0 Å². The van der Waals surface area contributed by atoms with E-state index >= 15 is 0 Å². The second kappa shape index (κ2) is 82.6. The first kappa shape index (κ1) is 120. The Balaban J connectivity index is 0. The maximum absolute atomic E-state index is 0. The third-order valence-electron chi connectivity index (χ3n) is 0. The van der Waals surface area contributed by atoms with Gasteiger partial charge in [0.1, 0.15) is 0 Å². The Labute approximate surface area is 103 Å². The van der Waals surface area contributed by atoms with Crippen molar-refractivity contribution in [1.29, 1.82) is 0 Å². The summed E-state index contributed by atoms with van der Waals surface area (Å²) >= 11 is 0. The van der Waals surface area contributed by atoms with E-state index in [9.17, 15) is 0 Å². The molecule has 0 saturated carbocycles. The molecule has 0 atom stereocenters. The van der Waals surface area contributed by atoms with E-state index in [1.165, 1.54) is 0 Å². The van der Waals surface area contributed by atoms with E-state index in [2.05, 4.69) is 0 Å². The molecule has 0 aliphatic heterocycles. The number of rotatable bonds is 0. The summed E-state index contributed by atoms with van der Waals surface area (Å²) in [6.07, 6.45) is 0. The largest absolute Gasteiger partial charge is 3.00 e. The molecule has 0 spiro atoms. The van der Waals surface area contributed by atoms with Crippen LogP contribution in [0, 0.1) is 0 Å². The Bertz CT molecular complexity index is 8.04. The molecule has 0 unspecified atom stereocenters. The van der Waals surface area contributed by atoms with Crippen molar-refractivity contribution in [3.63, 3.8) is 0 Å². The van der Waals surface area contributed by atoms with Gasteiger partial charge in [-0.2, -0.15) is 0 Å². The summed E-state index contributed by atoms with van der Waals surface area (Å²) in [5.74, 6) is 0. The Hall–Kier alpha value is 2.33. The quantitative estimate of drug-likeness (QED) is 0.307. The van der Waals surface area contributed by atoms with Crippen LogP contribution >= 0.6 is 0 Å². The summed E-state index contributed by atoms with van der Waals surface area (Å²) in [4.78, 5) is 0. The summed E-state index contributed by atoms with van der Waals surface area (Å²) in [5, 5.41) is 0. The molecule has 7 heteroatoms. The Morgan fingerprint density at radius 1 is 0.429 bits per heavy atom. The van der Waals surface area contributed by atoms with Crippen LogP contribution in [0.15, 0.2) is 0 Å². The predicted octanol–water partition coefficient (Wildman–Crippen LogP) is -15.4.